The lowest BCUT2D eigenvalue weighted by Crippen LogP contribution is -2.37. The van der Waals surface area contributed by atoms with Crippen LogP contribution in [0.1, 0.15) is 5.56 Å². The minimum Gasteiger partial charge on any atom is -0.410 e. The quantitative estimate of drug-likeness (QED) is 0.402. The van der Waals surface area contributed by atoms with Crippen LogP contribution in [0.4, 0.5) is 0 Å². The summed E-state index contributed by atoms with van der Waals surface area (Å²) in [5.41, 5.74) is 0.777. The first-order chi connectivity index (χ1) is 9.31. The summed E-state index contributed by atoms with van der Waals surface area (Å²) in [4.78, 5) is 2.35. The molecule has 0 aliphatic carbocycles. The Hall–Kier alpha value is -0.750. The molecule has 0 aromatic heterocycles. The highest BCUT2D eigenvalue weighted by Crippen LogP contribution is 2.21. The molecule has 0 unspecified atom stereocenters. The van der Waals surface area contributed by atoms with Gasteiger partial charge in [-0.05, 0) is 6.07 Å². The molecular weight excluding hydrogens is 284 g/mol. The molecule has 1 fully saturated rings. The highest BCUT2D eigenvalue weighted by atomic mass is 35.5. The fraction of sp³-hybridized carbons (Fsp3) is 0.462. The maximum absolute atomic E-state index is 9.12. The fourth-order valence-corrected chi connectivity index (χ4v) is 3.11. The van der Waals surface area contributed by atoms with Crippen molar-refractivity contribution in [1.29, 1.82) is 0 Å². The lowest BCUT2D eigenvalue weighted by molar-refractivity contribution is 0.0410. The van der Waals surface area contributed by atoms with E-state index in [0.717, 1.165) is 44.2 Å². The van der Waals surface area contributed by atoms with Gasteiger partial charge in [0.25, 0.3) is 0 Å². The van der Waals surface area contributed by atoms with Gasteiger partial charge in [0.1, 0.15) is 5.04 Å². The number of ether oxygens (including phenoxy) is 1. The summed E-state index contributed by atoms with van der Waals surface area (Å²) < 4.78 is 5.30. The van der Waals surface area contributed by atoms with Gasteiger partial charge in [-0.1, -0.05) is 35.0 Å². The average molecular weight is 301 g/mol. The molecule has 0 bridgehead atoms. The first-order valence-corrected chi connectivity index (χ1v) is 7.57. The van der Waals surface area contributed by atoms with E-state index < -0.39 is 0 Å². The van der Waals surface area contributed by atoms with Crippen molar-refractivity contribution in [3.63, 3.8) is 0 Å². The van der Waals surface area contributed by atoms with Crippen molar-refractivity contribution in [2.75, 3.05) is 38.6 Å². The molecule has 1 aliphatic rings. The van der Waals surface area contributed by atoms with Gasteiger partial charge in [-0.3, -0.25) is 4.90 Å². The molecule has 19 heavy (non-hydrogen) atoms. The van der Waals surface area contributed by atoms with Crippen LogP contribution in [-0.4, -0.2) is 53.8 Å². The third kappa shape index (κ3) is 4.38. The minimum atomic E-state index is 0.568. The molecule has 4 nitrogen and oxygen atoms in total. The molecule has 1 N–H and O–H groups in total. The molecule has 0 radical (unpaired) electrons. The standard InChI is InChI=1S/C13H17ClN2O2S/c14-12-4-2-1-3-11(12)13(15-17)19-10-7-16-5-8-18-9-6-16/h1-4,17H,5-10H2/b15-13+. The number of nitrogens with zero attached hydrogens (tertiary/aromatic N) is 2. The normalized spacial score (nSPS) is 17.6. The predicted molar refractivity (Wildman–Crippen MR) is 79.5 cm³/mol. The molecule has 104 valence electrons. The predicted octanol–water partition coefficient (Wildman–Crippen LogP) is 2.54. The topological polar surface area (TPSA) is 45.1 Å². The minimum absolute atomic E-state index is 0.568. The number of benzene rings is 1. The monoisotopic (exact) mass is 300 g/mol. The van der Waals surface area contributed by atoms with Crippen molar-refractivity contribution < 1.29 is 9.94 Å². The van der Waals surface area contributed by atoms with Crippen molar-refractivity contribution in [3.05, 3.63) is 34.9 Å². The molecule has 0 atom stereocenters. The van der Waals surface area contributed by atoms with Crippen LogP contribution in [0, 0.1) is 0 Å². The van der Waals surface area contributed by atoms with Crippen LogP contribution in [-0.2, 0) is 4.74 Å². The van der Waals surface area contributed by atoms with E-state index >= 15 is 0 Å². The molecule has 0 saturated carbocycles. The third-order valence-corrected chi connectivity index (χ3v) is 4.24. The summed E-state index contributed by atoms with van der Waals surface area (Å²) >= 11 is 7.61. The maximum atomic E-state index is 9.12. The van der Waals surface area contributed by atoms with Gasteiger partial charge >= 0.3 is 0 Å². The SMILES string of the molecule is O/N=C(/SCCN1CCOCC1)c1ccccc1Cl. The van der Waals surface area contributed by atoms with E-state index in [1.165, 1.54) is 11.8 Å². The van der Waals surface area contributed by atoms with Gasteiger partial charge in [-0.25, -0.2) is 0 Å². The second-order valence-corrected chi connectivity index (χ2v) is 5.68. The molecule has 0 spiro atoms. The molecule has 1 aromatic carbocycles. The lowest BCUT2D eigenvalue weighted by Gasteiger charge is -2.26. The second-order valence-electron chi connectivity index (χ2n) is 4.19. The van der Waals surface area contributed by atoms with Gasteiger partial charge in [0.15, 0.2) is 0 Å². The molecule has 1 heterocycles. The van der Waals surface area contributed by atoms with Crippen LogP contribution in [0.5, 0.6) is 0 Å². The Morgan fingerprint density at radius 3 is 2.79 bits per heavy atom. The Labute approximate surface area is 122 Å². The van der Waals surface area contributed by atoms with Crippen LogP contribution in [0.25, 0.3) is 0 Å². The first kappa shape index (κ1) is 14.7. The molecule has 0 amide bonds. The van der Waals surface area contributed by atoms with E-state index in [1.807, 2.05) is 18.2 Å². The number of oxime groups is 1. The van der Waals surface area contributed by atoms with Crippen LogP contribution >= 0.6 is 23.4 Å². The number of rotatable bonds is 4. The number of thioether (sulfide) groups is 1. The molecule has 2 rings (SSSR count). The molecule has 1 aromatic rings. The van der Waals surface area contributed by atoms with E-state index in [0.29, 0.717) is 10.1 Å². The van der Waals surface area contributed by atoms with Crippen LogP contribution < -0.4 is 0 Å². The van der Waals surface area contributed by atoms with Crippen LogP contribution in [0.3, 0.4) is 0 Å². The smallest absolute Gasteiger partial charge is 0.144 e. The van der Waals surface area contributed by atoms with E-state index in [4.69, 9.17) is 21.5 Å². The highest BCUT2D eigenvalue weighted by molar-refractivity contribution is 8.14. The van der Waals surface area contributed by atoms with Crippen LogP contribution in [0.2, 0.25) is 5.02 Å². The molecular formula is C13H17ClN2O2S. The molecule has 6 heteroatoms. The molecule has 1 saturated heterocycles. The van der Waals surface area contributed by atoms with E-state index in [2.05, 4.69) is 10.1 Å². The maximum Gasteiger partial charge on any atom is 0.144 e. The van der Waals surface area contributed by atoms with E-state index in [9.17, 15) is 0 Å². The summed E-state index contributed by atoms with van der Waals surface area (Å²) in [5, 5.41) is 13.6. The summed E-state index contributed by atoms with van der Waals surface area (Å²) in [6.07, 6.45) is 0. The largest absolute Gasteiger partial charge is 0.410 e. The number of halogens is 1. The number of hydrogen-bond donors (Lipinski definition) is 1. The Morgan fingerprint density at radius 2 is 2.11 bits per heavy atom. The van der Waals surface area contributed by atoms with Crippen molar-refractivity contribution in [2.24, 2.45) is 5.16 Å². The van der Waals surface area contributed by atoms with Gasteiger partial charge in [0, 0.05) is 31.0 Å². The van der Waals surface area contributed by atoms with Crippen molar-refractivity contribution in [2.45, 2.75) is 0 Å². The fourth-order valence-electron chi connectivity index (χ4n) is 1.89. The van der Waals surface area contributed by atoms with Gasteiger partial charge in [-0.2, -0.15) is 0 Å². The zero-order valence-electron chi connectivity index (χ0n) is 10.6. The summed E-state index contributed by atoms with van der Waals surface area (Å²) in [7, 11) is 0. The Bertz CT molecular complexity index is 436. The zero-order chi connectivity index (χ0) is 13.5. The second kappa shape index (κ2) is 7.75. The molecule has 1 aliphatic heterocycles. The summed E-state index contributed by atoms with van der Waals surface area (Å²) in [6, 6.07) is 7.40. The Balaban J connectivity index is 1.85. The van der Waals surface area contributed by atoms with Crippen molar-refractivity contribution in [1.82, 2.24) is 4.90 Å². The van der Waals surface area contributed by atoms with E-state index in [-0.39, 0.29) is 0 Å². The number of morpholine rings is 1. The van der Waals surface area contributed by atoms with Gasteiger partial charge < -0.3 is 9.94 Å². The third-order valence-electron chi connectivity index (χ3n) is 2.95. The zero-order valence-corrected chi connectivity index (χ0v) is 12.2. The highest BCUT2D eigenvalue weighted by Gasteiger charge is 2.12. The van der Waals surface area contributed by atoms with E-state index in [1.54, 1.807) is 6.07 Å². The summed E-state index contributed by atoms with van der Waals surface area (Å²) in [5.74, 6) is 0.866. The Kier molecular flexibility index (Phi) is 5.97. The van der Waals surface area contributed by atoms with Crippen LogP contribution in [0.15, 0.2) is 29.4 Å². The van der Waals surface area contributed by atoms with Gasteiger partial charge in [-0.15, -0.1) is 11.8 Å². The van der Waals surface area contributed by atoms with Gasteiger partial charge in [0.2, 0.25) is 0 Å². The average Bonchev–Trinajstić information content (AvgIpc) is 2.46. The first-order valence-electron chi connectivity index (χ1n) is 6.21. The summed E-state index contributed by atoms with van der Waals surface area (Å²) in [6.45, 7) is 4.50. The lowest BCUT2D eigenvalue weighted by atomic mass is 10.2. The van der Waals surface area contributed by atoms with Crippen molar-refractivity contribution in [3.8, 4) is 0 Å². The van der Waals surface area contributed by atoms with Crippen molar-refractivity contribution >= 4 is 28.4 Å². The number of hydrogen-bond acceptors (Lipinski definition) is 5. The Morgan fingerprint density at radius 1 is 1.37 bits per heavy atom. The van der Waals surface area contributed by atoms with Gasteiger partial charge in [0.05, 0.1) is 18.2 Å².